The number of nitriles is 1. The Balaban J connectivity index is 2.80. The van der Waals surface area contributed by atoms with Gasteiger partial charge in [-0.05, 0) is 37.1 Å². The van der Waals surface area contributed by atoms with Crippen LogP contribution in [0.2, 0.25) is 0 Å². The second kappa shape index (κ2) is 5.82. The first-order chi connectivity index (χ1) is 8.45. The van der Waals surface area contributed by atoms with Gasteiger partial charge < -0.3 is 10.1 Å². The van der Waals surface area contributed by atoms with Crippen molar-refractivity contribution in [2.24, 2.45) is 0 Å². The summed E-state index contributed by atoms with van der Waals surface area (Å²) in [7, 11) is 0. The monoisotopic (exact) mass is 246 g/mol. The van der Waals surface area contributed by atoms with E-state index in [0.29, 0.717) is 11.3 Å². The van der Waals surface area contributed by atoms with Gasteiger partial charge in [-0.1, -0.05) is 0 Å². The summed E-state index contributed by atoms with van der Waals surface area (Å²) < 4.78 is 4.59. The van der Waals surface area contributed by atoms with Crippen LogP contribution in [0.25, 0.3) is 0 Å². The number of ether oxygens (including phenoxy) is 1. The van der Waals surface area contributed by atoms with Gasteiger partial charge in [-0.25, -0.2) is 0 Å². The molecule has 0 aromatic heterocycles. The Hall–Kier alpha value is -2.35. The van der Waals surface area contributed by atoms with Gasteiger partial charge in [0.25, 0.3) is 5.91 Å². The van der Waals surface area contributed by atoms with E-state index < -0.39 is 11.9 Å². The van der Waals surface area contributed by atoms with Gasteiger partial charge in [0.2, 0.25) is 0 Å². The third kappa shape index (κ3) is 3.32. The number of amides is 1. The van der Waals surface area contributed by atoms with Gasteiger partial charge >= 0.3 is 5.97 Å². The van der Waals surface area contributed by atoms with Crippen molar-refractivity contribution in [2.75, 3.05) is 11.9 Å². The second-order valence-corrected chi connectivity index (χ2v) is 3.85. The predicted molar refractivity (Wildman–Crippen MR) is 65.9 cm³/mol. The fourth-order valence-electron chi connectivity index (χ4n) is 1.43. The van der Waals surface area contributed by atoms with Crippen LogP contribution >= 0.6 is 0 Å². The first-order valence-electron chi connectivity index (χ1n) is 5.39. The summed E-state index contributed by atoms with van der Waals surface area (Å²) in [5.41, 5.74) is 2.84. The van der Waals surface area contributed by atoms with Crippen molar-refractivity contribution < 1.29 is 14.3 Å². The Morgan fingerprint density at radius 1 is 1.33 bits per heavy atom. The Bertz CT molecular complexity index is 530. The maximum atomic E-state index is 11.5. The summed E-state index contributed by atoms with van der Waals surface area (Å²) in [5, 5.41) is 11.5. The van der Waals surface area contributed by atoms with E-state index in [1.54, 1.807) is 12.1 Å². The molecule has 5 heteroatoms. The van der Waals surface area contributed by atoms with Gasteiger partial charge in [0, 0.05) is 12.6 Å². The zero-order chi connectivity index (χ0) is 13.7. The molecule has 0 aliphatic rings. The molecular formula is C13H14N2O3. The van der Waals surface area contributed by atoms with Gasteiger partial charge in [0.05, 0.1) is 11.6 Å². The van der Waals surface area contributed by atoms with Crippen molar-refractivity contribution in [1.82, 2.24) is 0 Å². The summed E-state index contributed by atoms with van der Waals surface area (Å²) >= 11 is 0. The maximum absolute atomic E-state index is 11.5. The lowest BCUT2D eigenvalue weighted by Crippen LogP contribution is -2.20. The highest BCUT2D eigenvalue weighted by molar-refractivity contribution is 5.93. The van der Waals surface area contributed by atoms with E-state index in [1.165, 1.54) is 6.92 Å². The highest BCUT2D eigenvalue weighted by atomic mass is 16.5. The van der Waals surface area contributed by atoms with Gasteiger partial charge in [-0.2, -0.15) is 5.26 Å². The van der Waals surface area contributed by atoms with Gasteiger partial charge in [0.1, 0.15) is 0 Å². The van der Waals surface area contributed by atoms with Crippen molar-refractivity contribution in [1.29, 1.82) is 5.26 Å². The van der Waals surface area contributed by atoms with E-state index in [0.717, 1.165) is 11.1 Å². The van der Waals surface area contributed by atoms with Crippen LogP contribution in [0.1, 0.15) is 23.6 Å². The lowest BCUT2D eigenvalue weighted by Gasteiger charge is -2.11. The first-order valence-corrected chi connectivity index (χ1v) is 5.39. The summed E-state index contributed by atoms with van der Waals surface area (Å²) in [6.07, 6.45) is 0. The number of hydrogen-bond acceptors (Lipinski definition) is 4. The molecule has 0 atom stereocenters. The van der Waals surface area contributed by atoms with Crippen LogP contribution < -0.4 is 5.32 Å². The number of nitrogens with one attached hydrogen (secondary N) is 1. The molecule has 0 aliphatic carbocycles. The van der Waals surface area contributed by atoms with Crippen molar-refractivity contribution in [3.05, 3.63) is 28.8 Å². The number of carbonyl (C=O) groups excluding carboxylic acids is 2. The van der Waals surface area contributed by atoms with Crippen LogP contribution in [-0.2, 0) is 14.3 Å². The fraction of sp³-hybridized carbons (Fsp3) is 0.308. The average Bonchev–Trinajstić information content (AvgIpc) is 2.33. The van der Waals surface area contributed by atoms with Crippen molar-refractivity contribution in [2.45, 2.75) is 20.8 Å². The van der Waals surface area contributed by atoms with Gasteiger partial charge in [-0.15, -0.1) is 0 Å². The molecule has 94 valence electrons. The molecule has 0 heterocycles. The van der Waals surface area contributed by atoms with Crippen LogP contribution in [0.15, 0.2) is 12.1 Å². The number of benzene rings is 1. The lowest BCUT2D eigenvalue weighted by atomic mass is 10.0. The normalized spacial score (nSPS) is 9.44. The molecule has 0 unspecified atom stereocenters. The Labute approximate surface area is 105 Å². The van der Waals surface area contributed by atoms with Crippen molar-refractivity contribution >= 4 is 17.6 Å². The largest absolute Gasteiger partial charge is 0.456 e. The smallest absolute Gasteiger partial charge is 0.303 e. The minimum Gasteiger partial charge on any atom is -0.456 e. The molecule has 5 nitrogen and oxygen atoms in total. The maximum Gasteiger partial charge on any atom is 0.303 e. The quantitative estimate of drug-likeness (QED) is 0.823. The lowest BCUT2D eigenvalue weighted by molar-refractivity contribution is -0.144. The number of anilines is 1. The standard InChI is InChI=1S/C13H14N2O3/c1-8-9(2)12(5-4-11(8)6-14)15-13(17)7-18-10(3)16/h4-5H,7H2,1-3H3,(H,15,17). The number of nitrogens with zero attached hydrogens (tertiary/aromatic N) is 1. The Morgan fingerprint density at radius 3 is 2.56 bits per heavy atom. The molecule has 1 N–H and O–H groups in total. The summed E-state index contributed by atoms with van der Waals surface area (Å²) in [4.78, 5) is 22.0. The SMILES string of the molecule is CC(=O)OCC(=O)Nc1ccc(C#N)c(C)c1C. The number of rotatable bonds is 3. The zero-order valence-corrected chi connectivity index (χ0v) is 10.5. The fourth-order valence-corrected chi connectivity index (χ4v) is 1.43. The van der Waals surface area contributed by atoms with E-state index >= 15 is 0 Å². The second-order valence-electron chi connectivity index (χ2n) is 3.85. The van der Waals surface area contributed by atoms with E-state index in [1.807, 2.05) is 13.8 Å². The van der Waals surface area contributed by atoms with Crippen LogP contribution in [0.4, 0.5) is 5.69 Å². The van der Waals surface area contributed by atoms with E-state index in [-0.39, 0.29) is 6.61 Å². The summed E-state index contributed by atoms with van der Waals surface area (Å²) in [6.45, 7) is 4.56. The minimum atomic E-state index is -0.502. The van der Waals surface area contributed by atoms with E-state index in [2.05, 4.69) is 16.1 Å². The molecule has 1 rings (SSSR count). The Morgan fingerprint density at radius 2 is 2.00 bits per heavy atom. The number of hydrogen-bond donors (Lipinski definition) is 1. The molecule has 18 heavy (non-hydrogen) atoms. The first kappa shape index (κ1) is 13.7. The molecule has 0 aliphatic heterocycles. The molecule has 1 amide bonds. The van der Waals surface area contributed by atoms with Crippen LogP contribution in [-0.4, -0.2) is 18.5 Å². The zero-order valence-electron chi connectivity index (χ0n) is 10.5. The molecule has 1 aromatic carbocycles. The van der Waals surface area contributed by atoms with Crippen LogP contribution in [0.5, 0.6) is 0 Å². The number of carbonyl (C=O) groups is 2. The predicted octanol–water partition coefficient (Wildman–Crippen LogP) is 1.68. The molecule has 0 saturated heterocycles. The molecular weight excluding hydrogens is 232 g/mol. The minimum absolute atomic E-state index is 0.312. The molecule has 0 fully saturated rings. The highest BCUT2D eigenvalue weighted by Crippen LogP contribution is 2.21. The number of esters is 1. The molecule has 0 spiro atoms. The van der Waals surface area contributed by atoms with E-state index in [4.69, 9.17) is 5.26 Å². The van der Waals surface area contributed by atoms with E-state index in [9.17, 15) is 9.59 Å². The third-order valence-electron chi connectivity index (χ3n) is 2.59. The third-order valence-corrected chi connectivity index (χ3v) is 2.59. The molecule has 0 saturated carbocycles. The summed E-state index contributed by atoms with van der Waals surface area (Å²) in [5.74, 6) is -0.907. The molecule has 0 bridgehead atoms. The highest BCUT2D eigenvalue weighted by Gasteiger charge is 2.09. The Kier molecular flexibility index (Phi) is 4.44. The summed E-state index contributed by atoms with van der Waals surface area (Å²) in [6, 6.07) is 5.38. The topological polar surface area (TPSA) is 79.2 Å². The van der Waals surface area contributed by atoms with Gasteiger partial charge in [-0.3, -0.25) is 9.59 Å². The molecule has 1 aromatic rings. The van der Waals surface area contributed by atoms with Gasteiger partial charge in [0.15, 0.2) is 6.61 Å². The molecule has 0 radical (unpaired) electrons. The van der Waals surface area contributed by atoms with Crippen LogP contribution in [0.3, 0.4) is 0 Å². The van der Waals surface area contributed by atoms with Crippen LogP contribution in [0, 0.1) is 25.2 Å². The van der Waals surface area contributed by atoms with Crippen molar-refractivity contribution in [3.8, 4) is 6.07 Å². The van der Waals surface area contributed by atoms with Crippen molar-refractivity contribution in [3.63, 3.8) is 0 Å². The average molecular weight is 246 g/mol.